The molecule has 0 aromatic heterocycles. The molecule has 0 saturated heterocycles. The minimum absolute atomic E-state index is 0.686. The summed E-state index contributed by atoms with van der Waals surface area (Å²) in [6.45, 7) is 0.701. The van der Waals surface area contributed by atoms with Gasteiger partial charge in [0.25, 0.3) is 0 Å². The van der Waals surface area contributed by atoms with Gasteiger partial charge in [-0.2, -0.15) is 0 Å². The number of benzene rings is 2. The molecule has 0 radical (unpaired) electrons. The molecule has 0 amide bonds. The molecule has 0 aliphatic rings. The van der Waals surface area contributed by atoms with E-state index in [2.05, 4.69) is 0 Å². The van der Waals surface area contributed by atoms with Crippen molar-refractivity contribution in [3.05, 3.63) is 65.7 Å². The number of rotatable bonds is 7. The smallest absolute Gasteiger partial charge is 0.119 e. The van der Waals surface area contributed by atoms with Crippen LogP contribution in [0.2, 0.25) is 0 Å². The van der Waals surface area contributed by atoms with E-state index in [1.165, 1.54) is 0 Å². The van der Waals surface area contributed by atoms with Gasteiger partial charge in [0.05, 0.1) is 6.61 Å². The van der Waals surface area contributed by atoms with Crippen LogP contribution >= 0.6 is 23.2 Å². The summed E-state index contributed by atoms with van der Waals surface area (Å²) < 4.78 is 5.64. The zero-order valence-electron chi connectivity index (χ0n) is 11.8. The van der Waals surface area contributed by atoms with Crippen LogP contribution < -0.4 is 4.74 Å². The largest absolute Gasteiger partial charge is 0.494 e. The van der Waals surface area contributed by atoms with Crippen molar-refractivity contribution in [2.24, 2.45) is 0 Å². The van der Waals surface area contributed by atoms with Crippen LogP contribution in [-0.2, 0) is 0 Å². The summed E-state index contributed by atoms with van der Waals surface area (Å²) in [6, 6.07) is 17.8. The summed E-state index contributed by atoms with van der Waals surface area (Å²) in [7, 11) is 0. The molecule has 2 rings (SSSR count). The van der Waals surface area contributed by atoms with E-state index in [-0.39, 0.29) is 0 Å². The van der Waals surface area contributed by atoms with E-state index in [0.717, 1.165) is 34.8 Å². The Hall–Kier alpha value is -1.44. The van der Waals surface area contributed by atoms with Gasteiger partial charge in [-0.05, 0) is 42.2 Å². The summed E-state index contributed by atoms with van der Waals surface area (Å²) in [5.41, 5.74) is 2.07. The maximum Gasteiger partial charge on any atom is 0.119 e. The number of unbranched alkanes of at least 4 members (excludes halogenated alkanes) is 1. The molecule has 110 valence electrons. The Morgan fingerprint density at radius 3 is 2.33 bits per heavy atom. The summed E-state index contributed by atoms with van der Waals surface area (Å²) in [5.74, 6) is 1.56. The van der Waals surface area contributed by atoms with E-state index in [0.29, 0.717) is 12.5 Å². The molecule has 3 heteroatoms. The van der Waals surface area contributed by atoms with E-state index >= 15 is 0 Å². The van der Waals surface area contributed by atoms with Crippen molar-refractivity contribution in [1.82, 2.24) is 0 Å². The van der Waals surface area contributed by atoms with Crippen molar-refractivity contribution >= 4 is 34.3 Å². The highest BCUT2D eigenvalue weighted by atomic mass is 35.5. The van der Waals surface area contributed by atoms with Gasteiger partial charge in [0.15, 0.2) is 0 Å². The zero-order chi connectivity index (χ0) is 14.9. The van der Waals surface area contributed by atoms with E-state index in [1.807, 2.05) is 60.7 Å². The molecule has 0 aliphatic carbocycles. The number of alkyl halides is 1. The van der Waals surface area contributed by atoms with Gasteiger partial charge in [0.2, 0.25) is 0 Å². The predicted molar refractivity (Wildman–Crippen MR) is 92.1 cm³/mol. The number of hydrogen-bond donors (Lipinski definition) is 0. The van der Waals surface area contributed by atoms with Crippen LogP contribution in [0, 0.1) is 0 Å². The second-order valence-electron chi connectivity index (χ2n) is 4.67. The summed E-state index contributed by atoms with van der Waals surface area (Å²) in [4.78, 5) is 0. The lowest BCUT2D eigenvalue weighted by Crippen LogP contribution is -1.97. The minimum Gasteiger partial charge on any atom is -0.494 e. The molecule has 0 fully saturated rings. The average Bonchev–Trinajstić information content (AvgIpc) is 2.54. The standard InChI is InChI=1S/C18H18Cl2O/c19-12-4-5-13-21-17-10-8-15(9-11-17)14-18(20)16-6-2-1-3-7-16/h1-3,6-11,14H,4-5,12-13H2. The SMILES string of the molecule is ClCCCCOc1ccc(C=C(Cl)c2ccccc2)cc1. The Labute approximate surface area is 136 Å². The average molecular weight is 321 g/mol. The molecule has 0 spiro atoms. The Morgan fingerprint density at radius 2 is 1.67 bits per heavy atom. The van der Waals surface area contributed by atoms with Gasteiger partial charge in [0.1, 0.15) is 5.75 Å². The third-order valence-corrected chi connectivity index (χ3v) is 3.61. The van der Waals surface area contributed by atoms with Crippen molar-refractivity contribution in [3.63, 3.8) is 0 Å². The fourth-order valence-electron chi connectivity index (χ4n) is 1.87. The summed E-state index contributed by atoms with van der Waals surface area (Å²) in [6.07, 6.45) is 3.91. The number of ether oxygens (including phenoxy) is 1. The third kappa shape index (κ3) is 5.45. The third-order valence-electron chi connectivity index (χ3n) is 3.02. The van der Waals surface area contributed by atoms with Crippen LogP contribution in [0.25, 0.3) is 11.1 Å². The molecular formula is C18H18Cl2O. The molecule has 0 unspecified atom stereocenters. The first-order valence-electron chi connectivity index (χ1n) is 7.01. The Kier molecular flexibility index (Phi) is 6.65. The van der Waals surface area contributed by atoms with Crippen LogP contribution in [0.3, 0.4) is 0 Å². The Morgan fingerprint density at radius 1 is 0.952 bits per heavy atom. The van der Waals surface area contributed by atoms with Crippen LogP contribution in [-0.4, -0.2) is 12.5 Å². The van der Waals surface area contributed by atoms with E-state index in [4.69, 9.17) is 27.9 Å². The highest BCUT2D eigenvalue weighted by Crippen LogP contribution is 2.23. The van der Waals surface area contributed by atoms with Crippen molar-refractivity contribution in [1.29, 1.82) is 0 Å². The lowest BCUT2D eigenvalue weighted by atomic mass is 10.1. The van der Waals surface area contributed by atoms with Crippen molar-refractivity contribution in [3.8, 4) is 5.75 Å². The molecule has 0 atom stereocenters. The quantitative estimate of drug-likeness (QED) is 0.355. The van der Waals surface area contributed by atoms with Crippen molar-refractivity contribution in [2.75, 3.05) is 12.5 Å². The fourth-order valence-corrected chi connectivity index (χ4v) is 2.31. The number of halogens is 2. The van der Waals surface area contributed by atoms with Gasteiger partial charge >= 0.3 is 0 Å². The lowest BCUT2D eigenvalue weighted by molar-refractivity contribution is 0.309. The predicted octanol–water partition coefficient (Wildman–Crippen LogP) is 5.82. The normalized spacial score (nSPS) is 11.4. The molecule has 2 aromatic rings. The molecule has 21 heavy (non-hydrogen) atoms. The monoisotopic (exact) mass is 320 g/mol. The highest BCUT2D eigenvalue weighted by Gasteiger charge is 1.98. The van der Waals surface area contributed by atoms with E-state index in [1.54, 1.807) is 0 Å². The molecule has 0 heterocycles. The van der Waals surface area contributed by atoms with E-state index < -0.39 is 0 Å². The van der Waals surface area contributed by atoms with Gasteiger partial charge < -0.3 is 4.74 Å². The minimum atomic E-state index is 0.686. The molecule has 0 saturated carbocycles. The molecular weight excluding hydrogens is 303 g/mol. The molecule has 2 aromatic carbocycles. The second-order valence-corrected chi connectivity index (χ2v) is 5.46. The maximum atomic E-state index is 6.32. The van der Waals surface area contributed by atoms with Crippen molar-refractivity contribution < 1.29 is 4.74 Å². The Balaban J connectivity index is 1.96. The van der Waals surface area contributed by atoms with Crippen LogP contribution in [0.4, 0.5) is 0 Å². The second kappa shape index (κ2) is 8.76. The number of hydrogen-bond acceptors (Lipinski definition) is 1. The first-order valence-corrected chi connectivity index (χ1v) is 7.92. The van der Waals surface area contributed by atoms with Crippen molar-refractivity contribution in [2.45, 2.75) is 12.8 Å². The van der Waals surface area contributed by atoms with Gasteiger partial charge in [-0.15, -0.1) is 11.6 Å². The molecule has 0 bridgehead atoms. The summed E-state index contributed by atoms with van der Waals surface area (Å²) >= 11 is 11.9. The maximum absolute atomic E-state index is 6.32. The van der Waals surface area contributed by atoms with Gasteiger partial charge in [-0.3, -0.25) is 0 Å². The van der Waals surface area contributed by atoms with Crippen LogP contribution in [0.1, 0.15) is 24.0 Å². The lowest BCUT2D eigenvalue weighted by Gasteiger charge is -2.06. The van der Waals surface area contributed by atoms with Gasteiger partial charge in [-0.25, -0.2) is 0 Å². The van der Waals surface area contributed by atoms with Gasteiger partial charge in [0, 0.05) is 10.9 Å². The summed E-state index contributed by atoms with van der Waals surface area (Å²) in [5, 5.41) is 0.728. The fraction of sp³-hybridized carbons (Fsp3) is 0.222. The van der Waals surface area contributed by atoms with E-state index in [9.17, 15) is 0 Å². The first-order chi connectivity index (χ1) is 10.3. The van der Waals surface area contributed by atoms with Gasteiger partial charge in [-0.1, -0.05) is 54.1 Å². The first kappa shape index (κ1) is 15.9. The topological polar surface area (TPSA) is 9.23 Å². The zero-order valence-corrected chi connectivity index (χ0v) is 13.3. The van der Waals surface area contributed by atoms with Crippen LogP contribution in [0.15, 0.2) is 54.6 Å². The Bertz CT molecular complexity index is 562. The molecule has 0 N–H and O–H groups in total. The van der Waals surface area contributed by atoms with Crippen LogP contribution in [0.5, 0.6) is 5.75 Å². The molecule has 1 nitrogen and oxygen atoms in total. The molecule has 0 aliphatic heterocycles. The highest BCUT2D eigenvalue weighted by molar-refractivity contribution is 6.51.